The van der Waals surface area contributed by atoms with Crippen LogP contribution in [0.4, 0.5) is 0 Å². The maximum Gasteiger partial charge on any atom is 0.0464 e. The number of hydrogen-bond acceptors (Lipinski definition) is 3. The Morgan fingerprint density at radius 3 is 2.38 bits per heavy atom. The van der Waals surface area contributed by atoms with Gasteiger partial charge in [0.1, 0.15) is 0 Å². The van der Waals surface area contributed by atoms with Crippen molar-refractivity contribution in [2.45, 2.75) is 46.1 Å². The summed E-state index contributed by atoms with van der Waals surface area (Å²) in [7, 11) is 0. The Morgan fingerprint density at radius 1 is 1.10 bits per heavy atom. The van der Waals surface area contributed by atoms with Gasteiger partial charge in [-0.15, -0.1) is 0 Å². The molecule has 1 aromatic rings. The van der Waals surface area contributed by atoms with E-state index in [1.54, 1.807) is 0 Å². The lowest BCUT2D eigenvalue weighted by molar-refractivity contribution is 0.250. The summed E-state index contributed by atoms with van der Waals surface area (Å²) < 4.78 is 0. The third-order valence-electron chi connectivity index (χ3n) is 3.56. The maximum atomic E-state index is 9.11. The molecule has 2 nitrogen and oxygen atoms in total. The number of aliphatic hydroxyl groups excluding tert-OH is 1. The Morgan fingerprint density at radius 2 is 1.81 bits per heavy atom. The molecule has 3 heteroatoms. The highest BCUT2D eigenvalue weighted by molar-refractivity contribution is 7.99. The largest absolute Gasteiger partial charge is 0.396 e. The highest BCUT2D eigenvalue weighted by atomic mass is 32.2. The number of aliphatic hydroxyl groups is 1. The van der Waals surface area contributed by atoms with Gasteiger partial charge >= 0.3 is 0 Å². The lowest BCUT2D eigenvalue weighted by atomic mass is 10.0. The average molecular weight is 310 g/mol. The van der Waals surface area contributed by atoms with E-state index in [0.29, 0.717) is 12.0 Å². The summed E-state index contributed by atoms with van der Waals surface area (Å²) >= 11 is 1.93. The van der Waals surface area contributed by atoms with E-state index in [0.717, 1.165) is 30.9 Å². The van der Waals surface area contributed by atoms with Crippen LogP contribution in [-0.4, -0.2) is 29.8 Å². The Bertz CT molecular complexity index is 366. The van der Waals surface area contributed by atoms with Gasteiger partial charge in [0, 0.05) is 18.4 Å². The zero-order valence-electron chi connectivity index (χ0n) is 13.8. The van der Waals surface area contributed by atoms with Gasteiger partial charge < -0.3 is 10.4 Å². The first-order chi connectivity index (χ1) is 10.2. The van der Waals surface area contributed by atoms with Crippen LogP contribution in [0.5, 0.6) is 0 Å². The molecule has 0 saturated carbocycles. The number of hydrogen-bond donors (Lipinski definition) is 2. The second kappa shape index (κ2) is 11.1. The fraction of sp³-hybridized carbons (Fsp3) is 0.667. The van der Waals surface area contributed by atoms with Crippen LogP contribution in [0.2, 0.25) is 0 Å². The molecular weight excluding hydrogens is 278 g/mol. The number of thioether (sulfide) groups is 1. The summed E-state index contributed by atoms with van der Waals surface area (Å²) in [5.74, 6) is 2.47. The van der Waals surface area contributed by atoms with E-state index in [1.807, 2.05) is 11.8 Å². The van der Waals surface area contributed by atoms with Crippen molar-refractivity contribution in [2.24, 2.45) is 5.92 Å². The average Bonchev–Trinajstić information content (AvgIpc) is 2.51. The first-order valence-electron chi connectivity index (χ1n) is 8.22. The van der Waals surface area contributed by atoms with Gasteiger partial charge in [0.2, 0.25) is 0 Å². The normalized spacial score (nSPS) is 14.1. The second-order valence-corrected chi connectivity index (χ2v) is 6.90. The number of aryl methyl sites for hydroxylation is 1. The molecule has 2 N–H and O–H groups in total. The van der Waals surface area contributed by atoms with E-state index in [1.165, 1.54) is 17.5 Å². The van der Waals surface area contributed by atoms with Gasteiger partial charge in [0.15, 0.2) is 0 Å². The van der Waals surface area contributed by atoms with Gasteiger partial charge in [-0.05, 0) is 42.2 Å². The van der Waals surface area contributed by atoms with Crippen LogP contribution < -0.4 is 5.32 Å². The summed E-state index contributed by atoms with van der Waals surface area (Å²) in [4.78, 5) is 0. The van der Waals surface area contributed by atoms with Crippen LogP contribution in [0.1, 0.15) is 50.8 Å². The predicted molar refractivity (Wildman–Crippen MR) is 95.0 cm³/mol. The predicted octanol–water partition coefficient (Wildman–Crippen LogP) is 4.04. The molecule has 0 fully saturated rings. The molecule has 0 spiro atoms. The quantitative estimate of drug-likeness (QED) is 0.647. The van der Waals surface area contributed by atoms with E-state index in [-0.39, 0.29) is 6.61 Å². The molecule has 0 aliphatic carbocycles. The first-order valence-corrected chi connectivity index (χ1v) is 9.37. The molecule has 0 amide bonds. The van der Waals surface area contributed by atoms with Crippen LogP contribution >= 0.6 is 11.8 Å². The molecule has 21 heavy (non-hydrogen) atoms. The number of nitrogens with one attached hydrogen (secondary N) is 1. The zero-order chi connectivity index (χ0) is 15.5. The van der Waals surface area contributed by atoms with Gasteiger partial charge in [-0.3, -0.25) is 0 Å². The van der Waals surface area contributed by atoms with E-state index < -0.39 is 0 Å². The fourth-order valence-electron chi connectivity index (χ4n) is 2.24. The van der Waals surface area contributed by atoms with Gasteiger partial charge in [-0.2, -0.15) is 11.8 Å². The summed E-state index contributed by atoms with van der Waals surface area (Å²) in [6, 6.07) is 9.49. The van der Waals surface area contributed by atoms with E-state index in [2.05, 4.69) is 50.4 Å². The van der Waals surface area contributed by atoms with Crippen molar-refractivity contribution in [3.8, 4) is 0 Å². The molecule has 2 atom stereocenters. The Balaban J connectivity index is 2.58. The van der Waals surface area contributed by atoms with Crippen molar-refractivity contribution in [3.05, 3.63) is 35.4 Å². The first kappa shape index (κ1) is 18.5. The Hall–Kier alpha value is -0.510. The van der Waals surface area contributed by atoms with Crippen molar-refractivity contribution < 1.29 is 5.11 Å². The summed E-state index contributed by atoms with van der Waals surface area (Å²) in [6.45, 7) is 7.86. The van der Waals surface area contributed by atoms with E-state index in [9.17, 15) is 0 Å². The van der Waals surface area contributed by atoms with Crippen LogP contribution in [0.15, 0.2) is 24.3 Å². The monoisotopic (exact) mass is 309 g/mol. The summed E-state index contributed by atoms with van der Waals surface area (Å²) in [6.07, 6.45) is 3.52. The van der Waals surface area contributed by atoms with Crippen molar-refractivity contribution in [2.75, 3.05) is 24.7 Å². The minimum Gasteiger partial charge on any atom is -0.396 e. The number of benzene rings is 1. The van der Waals surface area contributed by atoms with Gasteiger partial charge in [-0.1, -0.05) is 51.5 Å². The molecule has 120 valence electrons. The van der Waals surface area contributed by atoms with Gasteiger partial charge in [-0.25, -0.2) is 0 Å². The molecule has 0 aromatic heterocycles. The molecule has 0 saturated heterocycles. The lowest BCUT2D eigenvalue weighted by Gasteiger charge is -2.20. The smallest absolute Gasteiger partial charge is 0.0464 e. The van der Waals surface area contributed by atoms with Gasteiger partial charge in [0.25, 0.3) is 0 Å². The van der Waals surface area contributed by atoms with Crippen LogP contribution in [0, 0.1) is 5.92 Å². The molecule has 1 rings (SSSR count). The summed E-state index contributed by atoms with van der Waals surface area (Å²) in [5, 5.41) is 12.8. The Kier molecular flexibility index (Phi) is 9.81. The third-order valence-corrected chi connectivity index (χ3v) is 4.93. The lowest BCUT2D eigenvalue weighted by Crippen LogP contribution is -2.24. The van der Waals surface area contributed by atoms with Crippen molar-refractivity contribution in [1.29, 1.82) is 0 Å². The van der Waals surface area contributed by atoms with Crippen LogP contribution in [0.3, 0.4) is 0 Å². The highest BCUT2D eigenvalue weighted by Gasteiger charge is 2.11. The highest BCUT2D eigenvalue weighted by Crippen LogP contribution is 2.21. The molecular formula is C18H31NOS. The standard InChI is InChI=1S/C18H31NOS/c1-4-6-16-7-9-17(10-8-16)18(19-11-5-2)14-21-13-15(3)12-20/h7-10,15,18-20H,4-6,11-14H2,1-3H3. The molecule has 0 heterocycles. The molecule has 1 aromatic carbocycles. The van der Waals surface area contributed by atoms with Crippen LogP contribution in [0.25, 0.3) is 0 Å². The number of rotatable bonds is 11. The third kappa shape index (κ3) is 7.35. The van der Waals surface area contributed by atoms with Gasteiger partial charge in [0.05, 0.1) is 0 Å². The molecule has 2 unspecified atom stereocenters. The van der Waals surface area contributed by atoms with Crippen molar-refractivity contribution in [1.82, 2.24) is 5.32 Å². The van der Waals surface area contributed by atoms with Crippen molar-refractivity contribution >= 4 is 11.8 Å². The second-order valence-electron chi connectivity index (χ2n) is 5.82. The molecule has 0 radical (unpaired) electrons. The molecule has 0 aliphatic heterocycles. The Labute approximate surface area is 134 Å². The molecule has 0 aliphatic rings. The van der Waals surface area contributed by atoms with E-state index in [4.69, 9.17) is 5.11 Å². The van der Waals surface area contributed by atoms with Crippen LogP contribution in [-0.2, 0) is 6.42 Å². The SMILES string of the molecule is CCCNC(CSCC(C)CO)c1ccc(CCC)cc1. The molecule has 0 bridgehead atoms. The topological polar surface area (TPSA) is 32.3 Å². The summed E-state index contributed by atoms with van der Waals surface area (Å²) in [5.41, 5.74) is 2.81. The van der Waals surface area contributed by atoms with E-state index >= 15 is 0 Å². The minimum absolute atomic E-state index is 0.284. The zero-order valence-corrected chi connectivity index (χ0v) is 14.6. The minimum atomic E-state index is 0.284. The maximum absolute atomic E-state index is 9.11. The fourth-order valence-corrected chi connectivity index (χ4v) is 3.43. The van der Waals surface area contributed by atoms with Crippen molar-refractivity contribution in [3.63, 3.8) is 0 Å².